The molecular weight excluding hydrogens is 357 g/mol. The van der Waals surface area contributed by atoms with Gasteiger partial charge in [-0.25, -0.2) is 0 Å². The lowest BCUT2D eigenvalue weighted by atomic mass is 10.1. The van der Waals surface area contributed by atoms with Gasteiger partial charge in [0.2, 0.25) is 5.82 Å². The zero-order valence-electron chi connectivity index (χ0n) is 11.1. The van der Waals surface area contributed by atoms with Crippen molar-refractivity contribution in [3.8, 4) is 11.5 Å². The lowest BCUT2D eigenvalue weighted by Gasteiger charge is -2.14. The molecule has 2 rings (SSSR count). The molecule has 0 saturated carbocycles. The molecule has 1 atom stereocenters. The lowest BCUT2D eigenvalue weighted by Crippen LogP contribution is -2.10. The van der Waals surface area contributed by atoms with Crippen LogP contribution in [0.3, 0.4) is 0 Å². The molecule has 0 aliphatic carbocycles. The summed E-state index contributed by atoms with van der Waals surface area (Å²) in [6.07, 6.45) is -0.179. The maximum absolute atomic E-state index is 5.94. The average Bonchev–Trinajstić information content (AvgIpc) is 2.82. The van der Waals surface area contributed by atoms with Gasteiger partial charge < -0.3 is 15.0 Å². The number of anilines is 1. The highest BCUT2D eigenvalue weighted by Crippen LogP contribution is 2.29. The van der Waals surface area contributed by atoms with Crippen molar-refractivity contribution in [3.05, 3.63) is 27.6 Å². The van der Waals surface area contributed by atoms with Gasteiger partial charge in [-0.1, -0.05) is 19.0 Å². The standard InChI is InChI=1S/C13H16IN3O2/c1-7(2)11(18-3)12-16-13(19-17-12)9-6-8(14)4-5-10(9)15/h4-7,11H,15H2,1-3H3. The molecule has 6 heteroatoms. The Morgan fingerprint density at radius 1 is 1.37 bits per heavy atom. The average molecular weight is 373 g/mol. The van der Waals surface area contributed by atoms with E-state index in [1.807, 2.05) is 32.0 Å². The summed E-state index contributed by atoms with van der Waals surface area (Å²) in [7, 11) is 1.64. The molecule has 2 N–H and O–H groups in total. The van der Waals surface area contributed by atoms with Gasteiger partial charge >= 0.3 is 0 Å². The van der Waals surface area contributed by atoms with Crippen LogP contribution in [-0.2, 0) is 4.74 Å². The zero-order valence-corrected chi connectivity index (χ0v) is 13.2. The van der Waals surface area contributed by atoms with Crippen LogP contribution in [0, 0.1) is 9.49 Å². The van der Waals surface area contributed by atoms with Gasteiger partial charge in [-0.15, -0.1) is 0 Å². The van der Waals surface area contributed by atoms with Crippen molar-refractivity contribution < 1.29 is 9.26 Å². The SMILES string of the molecule is COC(c1noc(-c2cc(I)ccc2N)n1)C(C)C. The molecule has 2 aromatic rings. The van der Waals surface area contributed by atoms with Gasteiger partial charge in [0.25, 0.3) is 5.89 Å². The van der Waals surface area contributed by atoms with Crippen LogP contribution < -0.4 is 5.73 Å². The van der Waals surface area contributed by atoms with Crippen LogP contribution in [0.1, 0.15) is 25.8 Å². The van der Waals surface area contributed by atoms with E-state index in [1.54, 1.807) is 7.11 Å². The quantitative estimate of drug-likeness (QED) is 0.658. The van der Waals surface area contributed by atoms with E-state index in [0.717, 1.165) is 9.13 Å². The van der Waals surface area contributed by atoms with Gasteiger partial charge in [-0.05, 0) is 46.7 Å². The number of rotatable bonds is 4. The second kappa shape index (κ2) is 5.87. The maximum Gasteiger partial charge on any atom is 0.260 e. The Labute approximate surface area is 125 Å². The molecule has 0 radical (unpaired) electrons. The number of hydrogen-bond donors (Lipinski definition) is 1. The van der Waals surface area contributed by atoms with E-state index < -0.39 is 0 Å². The van der Waals surface area contributed by atoms with Gasteiger partial charge in [0.1, 0.15) is 6.10 Å². The van der Waals surface area contributed by atoms with Crippen molar-refractivity contribution in [2.75, 3.05) is 12.8 Å². The first-order chi connectivity index (χ1) is 9.02. The van der Waals surface area contributed by atoms with E-state index in [-0.39, 0.29) is 12.0 Å². The molecule has 0 aliphatic rings. The summed E-state index contributed by atoms with van der Waals surface area (Å²) >= 11 is 2.22. The molecule has 0 saturated heterocycles. The van der Waals surface area contributed by atoms with Gasteiger partial charge in [0, 0.05) is 16.4 Å². The smallest absolute Gasteiger partial charge is 0.260 e. The topological polar surface area (TPSA) is 74.2 Å². The molecule has 5 nitrogen and oxygen atoms in total. The lowest BCUT2D eigenvalue weighted by molar-refractivity contribution is 0.0556. The summed E-state index contributed by atoms with van der Waals surface area (Å²) in [6, 6.07) is 5.68. The monoisotopic (exact) mass is 373 g/mol. The molecule has 0 fully saturated rings. The van der Waals surface area contributed by atoms with Gasteiger partial charge in [0.05, 0.1) is 5.56 Å². The van der Waals surface area contributed by atoms with Crippen LogP contribution in [0.25, 0.3) is 11.5 Å². The minimum atomic E-state index is -0.179. The van der Waals surface area contributed by atoms with Gasteiger partial charge in [0.15, 0.2) is 0 Å². The third-order valence-corrected chi connectivity index (χ3v) is 3.47. The van der Waals surface area contributed by atoms with Crippen molar-refractivity contribution in [2.45, 2.75) is 20.0 Å². The van der Waals surface area contributed by atoms with E-state index in [0.29, 0.717) is 17.4 Å². The van der Waals surface area contributed by atoms with Crippen LogP contribution in [0.2, 0.25) is 0 Å². The van der Waals surface area contributed by atoms with Crippen molar-refractivity contribution in [1.82, 2.24) is 10.1 Å². The molecule has 1 unspecified atom stereocenters. The Hall–Kier alpha value is -1.15. The molecular formula is C13H16IN3O2. The second-order valence-corrected chi connectivity index (χ2v) is 5.84. The summed E-state index contributed by atoms with van der Waals surface area (Å²) in [6.45, 7) is 4.09. The fraction of sp³-hybridized carbons (Fsp3) is 0.385. The van der Waals surface area contributed by atoms with Gasteiger partial charge in [-0.3, -0.25) is 0 Å². The van der Waals surface area contributed by atoms with Crippen LogP contribution >= 0.6 is 22.6 Å². The minimum Gasteiger partial charge on any atom is -0.398 e. The highest BCUT2D eigenvalue weighted by molar-refractivity contribution is 14.1. The number of hydrogen-bond acceptors (Lipinski definition) is 5. The molecule has 0 amide bonds. The molecule has 0 bridgehead atoms. The van der Waals surface area contributed by atoms with Gasteiger partial charge in [-0.2, -0.15) is 4.98 Å². The summed E-state index contributed by atoms with van der Waals surface area (Å²) in [5, 5.41) is 3.99. The Kier molecular flexibility index (Phi) is 4.41. The van der Waals surface area contributed by atoms with E-state index in [9.17, 15) is 0 Å². The number of methoxy groups -OCH3 is 1. The first-order valence-corrected chi connectivity index (χ1v) is 7.02. The highest BCUT2D eigenvalue weighted by atomic mass is 127. The summed E-state index contributed by atoms with van der Waals surface area (Å²) < 4.78 is 11.7. The minimum absolute atomic E-state index is 0.179. The first-order valence-electron chi connectivity index (χ1n) is 5.94. The molecule has 1 aromatic heterocycles. The third-order valence-electron chi connectivity index (χ3n) is 2.80. The van der Waals surface area contributed by atoms with Crippen molar-refractivity contribution in [1.29, 1.82) is 0 Å². The summed E-state index contributed by atoms with van der Waals surface area (Å²) in [5.41, 5.74) is 7.31. The van der Waals surface area contributed by atoms with Crippen molar-refractivity contribution in [3.63, 3.8) is 0 Å². The first kappa shape index (κ1) is 14.3. The van der Waals surface area contributed by atoms with E-state index in [1.165, 1.54) is 0 Å². The number of benzene rings is 1. The Morgan fingerprint density at radius 3 is 2.74 bits per heavy atom. The Morgan fingerprint density at radius 2 is 2.11 bits per heavy atom. The van der Waals surface area contributed by atoms with Crippen LogP contribution in [0.4, 0.5) is 5.69 Å². The van der Waals surface area contributed by atoms with E-state index >= 15 is 0 Å². The van der Waals surface area contributed by atoms with Crippen molar-refractivity contribution >= 4 is 28.3 Å². The number of nitrogens with zero attached hydrogens (tertiary/aromatic N) is 2. The number of ether oxygens (including phenoxy) is 1. The van der Waals surface area contributed by atoms with E-state index in [4.69, 9.17) is 15.0 Å². The van der Waals surface area contributed by atoms with Crippen LogP contribution in [0.15, 0.2) is 22.7 Å². The molecule has 1 heterocycles. The number of nitrogen functional groups attached to an aromatic ring is 1. The Bertz CT molecular complexity index is 569. The molecule has 19 heavy (non-hydrogen) atoms. The summed E-state index contributed by atoms with van der Waals surface area (Å²) in [4.78, 5) is 4.39. The normalized spacial score (nSPS) is 12.9. The molecule has 102 valence electrons. The molecule has 0 spiro atoms. The third kappa shape index (κ3) is 3.06. The Balaban J connectivity index is 2.38. The fourth-order valence-electron chi connectivity index (χ4n) is 1.85. The van der Waals surface area contributed by atoms with Crippen LogP contribution in [-0.4, -0.2) is 17.3 Å². The number of nitrogens with two attached hydrogens (primary N) is 1. The molecule has 0 aliphatic heterocycles. The number of aromatic nitrogens is 2. The van der Waals surface area contributed by atoms with Crippen molar-refractivity contribution in [2.24, 2.45) is 5.92 Å². The zero-order chi connectivity index (χ0) is 14.0. The second-order valence-electron chi connectivity index (χ2n) is 4.59. The van der Waals surface area contributed by atoms with E-state index in [2.05, 4.69) is 32.7 Å². The predicted molar refractivity (Wildman–Crippen MR) is 81.5 cm³/mol. The largest absolute Gasteiger partial charge is 0.398 e. The predicted octanol–water partition coefficient (Wildman–Crippen LogP) is 3.27. The fourth-order valence-corrected chi connectivity index (χ4v) is 2.34. The number of halogens is 1. The maximum atomic E-state index is 5.94. The molecule has 1 aromatic carbocycles. The highest BCUT2D eigenvalue weighted by Gasteiger charge is 2.22. The summed E-state index contributed by atoms with van der Waals surface area (Å²) in [5.74, 6) is 1.24. The van der Waals surface area contributed by atoms with Crippen LogP contribution in [0.5, 0.6) is 0 Å².